The molecular formula is C28H48. The summed E-state index contributed by atoms with van der Waals surface area (Å²) >= 11 is 0. The van der Waals surface area contributed by atoms with Gasteiger partial charge in [0.25, 0.3) is 0 Å². The van der Waals surface area contributed by atoms with Crippen LogP contribution in [0.2, 0.25) is 0 Å². The molecule has 3 fully saturated rings. The first kappa shape index (κ1) is 22.2. The number of hydrogen-bond acceptors (Lipinski definition) is 0. The van der Waals surface area contributed by atoms with Gasteiger partial charge in [-0.25, -0.2) is 0 Å². The zero-order valence-electron chi connectivity index (χ0n) is 19.1. The van der Waals surface area contributed by atoms with Crippen molar-refractivity contribution in [1.82, 2.24) is 0 Å². The molecule has 0 nitrogen and oxygen atoms in total. The Kier molecular flexibility index (Phi) is 9.69. The fraction of sp³-hybridized carbons (Fsp3) is 0.857. The molecule has 3 saturated carbocycles. The van der Waals surface area contributed by atoms with E-state index in [1.165, 1.54) is 77.0 Å². The minimum atomic E-state index is 0.872. The van der Waals surface area contributed by atoms with Crippen molar-refractivity contribution in [3.8, 4) is 0 Å². The molecule has 0 spiro atoms. The maximum Gasteiger partial charge on any atom is -0.0233 e. The summed E-state index contributed by atoms with van der Waals surface area (Å²) in [6, 6.07) is 0. The minimum Gasteiger partial charge on any atom is -0.0885 e. The summed E-state index contributed by atoms with van der Waals surface area (Å²) in [7, 11) is 0. The number of allylic oxidation sites excluding steroid dienone is 4. The minimum absolute atomic E-state index is 0.872. The number of hydrogen-bond donors (Lipinski definition) is 0. The Morgan fingerprint density at radius 1 is 0.571 bits per heavy atom. The monoisotopic (exact) mass is 384 g/mol. The SMILES string of the molecule is CC/C=C/C1CCC(/C=C/CCC2CCC(C3CCC(CC)CC3)CC2)CC1. The topological polar surface area (TPSA) is 0 Å². The third-order valence-corrected chi connectivity index (χ3v) is 8.64. The molecule has 0 N–H and O–H groups in total. The molecule has 0 atom stereocenters. The van der Waals surface area contributed by atoms with Crippen molar-refractivity contribution in [2.24, 2.45) is 35.5 Å². The molecule has 0 saturated heterocycles. The van der Waals surface area contributed by atoms with Crippen molar-refractivity contribution in [2.45, 2.75) is 117 Å². The second-order valence-electron chi connectivity index (χ2n) is 10.5. The Hall–Kier alpha value is -0.520. The van der Waals surface area contributed by atoms with Crippen LogP contribution in [-0.4, -0.2) is 0 Å². The van der Waals surface area contributed by atoms with Crippen LogP contribution in [0.3, 0.4) is 0 Å². The van der Waals surface area contributed by atoms with Crippen LogP contribution in [-0.2, 0) is 0 Å². The smallest absolute Gasteiger partial charge is 0.0233 e. The molecule has 160 valence electrons. The highest BCUT2D eigenvalue weighted by molar-refractivity contribution is 4.96. The van der Waals surface area contributed by atoms with Crippen LogP contribution < -0.4 is 0 Å². The van der Waals surface area contributed by atoms with Gasteiger partial charge in [-0.15, -0.1) is 0 Å². The Bertz CT molecular complexity index is 448. The lowest BCUT2D eigenvalue weighted by molar-refractivity contribution is 0.143. The van der Waals surface area contributed by atoms with Gasteiger partial charge < -0.3 is 0 Å². The summed E-state index contributed by atoms with van der Waals surface area (Å²) in [5.41, 5.74) is 0. The van der Waals surface area contributed by atoms with E-state index < -0.39 is 0 Å². The zero-order valence-corrected chi connectivity index (χ0v) is 19.1. The van der Waals surface area contributed by atoms with Gasteiger partial charge in [-0.3, -0.25) is 0 Å². The van der Waals surface area contributed by atoms with E-state index in [2.05, 4.69) is 38.2 Å². The molecular weight excluding hydrogens is 336 g/mol. The van der Waals surface area contributed by atoms with Gasteiger partial charge >= 0.3 is 0 Å². The van der Waals surface area contributed by atoms with Gasteiger partial charge in [0, 0.05) is 0 Å². The first-order chi connectivity index (χ1) is 13.8. The van der Waals surface area contributed by atoms with Gasteiger partial charge in [0.2, 0.25) is 0 Å². The van der Waals surface area contributed by atoms with E-state index in [1.54, 1.807) is 25.7 Å². The van der Waals surface area contributed by atoms with Gasteiger partial charge in [0.05, 0.1) is 0 Å². The van der Waals surface area contributed by atoms with Gasteiger partial charge in [-0.05, 0) is 106 Å². The summed E-state index contributed by atoms with van der Waals surface area (Å²) in [5, 5.41) is 0. The fourth-order valence-electron chi connectivity index (χ4n) is 6.50. The van der Waals surface area contributed by atoms with E-state index in [0.717, 1.165) is 35.5 Å². The Morgan fingerprint density at radius 3 is 1.57 bits per heavy atom. The lowest BCUT2D eigenvalue weighted by atomic mass is 9.68. The highest BCUT2D eigenvalue weighted by atomic mass is 14.4. The van der Waals surface area contributed by atoms with Crippen LogP contribution in [0, 0.1) is 35.5 Å². The Morgan fingerprint density at radius 2 is 1.07 bits per heavy atom. The van der Waals surface area contributed by atoms with Crippen LogP contribution in [0.1, 0.15) is 117 Å². The summed E-state index contributed by atoms with van der Waals surface area (Å²) < 4.78 is 0. The molecule has 3 aliphatic carbocycles. The summed E-state index contributed by atoms with van der Waals surface area (Å²) in [6.07, 6.45) is 33.4. The van der Waals surface area contributed by atoms with E-state index in [4.69, 9.17) is 0 Å². The normalized spacial score (nSPS) is 37.6. The Labute approximate surface area is 176 Å². The molecule has 0 aromatic heterocycles. The van der Waals surface area contributed by atoms with E-state index in [0.29, 0.717) is 0 Å². The lowest BCUT2D eigenvalue weighted by Gasteiger charge is -2.37. The maximum atomic E-state index is 2.58. The third kappa shape index (κ3) is 7.07. The second-order valence-corrected chi connectivity index (χ2v) is 10.5. The molecule has 0 aliphatic heterocycles. The molecule has 3 aliphatic rings. The molecule has 0 amide bonds. The predicted octanol–water partition coefficient (Wildman–Crippen LogP) is 9.12. The first-order valence-electron chi connectivity index (χ1n) is 13.1. The fourth-order valence-corrected chi connectivity index (χ4v) is 6.50. The van der Waals surface area contributed by atoms with Crippen LogP contribution in [0.4, 0.5) is 0 Å². The van der Waals surface area contributed by atoms with Crippen molar-refractivity contribution < 1.29 is 0 Å². The molecule has 0 bridgehead atoms. The van der Waals surface area contributed by atoms with Crippen molar-refractivity contribution in [3.05, 3.63) is 24.3 Å². The van der Waals surface area contributed by atoms with Crippen LogP contribution in [0.25, 0.3) is 0 Å². The van der Waals surface area contributed by atoms with Gasteiger partial charge in [-0.1, -0.05) is 70.3 Å². The average Bonchev–Trinajstić information content (AvgIpc) is 2.76. The van der Waals surface area contributed by atoms with Crippen LogP contribution in [0.15, 0.2) is 24.3 Å². The van der Waals surface area contributed by atoms with Crippen molar-refractivity contribution in [1.29, 1.82) is 0 Å². The van der Waals surface area contributed by atoms with Crippen molar-refractivity contribution in [3.63, 3.8) is 0 Å². The van der Waals surface area contributed by atoms with E-state index >= 15 is 0 Å². The molecule has 0 aromatic rings. The lowest BCUT2D eigenvalue weighted by Crippen LogP contribution is -2.25. The predicted molar refractivity (Wildman–Crippen MR) is 124 cm³/mol. The first-order valence-corrected chi connectivity index (χ1v) is 13.1. The largest absolute Gasteiger partial charge is 0.0885 e. The molecule has 0 aromatic carbocycles. The zero-order chi connectivity index (χ0) is 19.6. The summed E-state index contributed by atoms with van der Waals surface area (Å²) in [6.45, 7) is 4.63. The van der Waals surface area contributed by atoms with Gasteiger partial charge in [0.15, 0.2) is 0 Å². The second kappa shape index (κ2) is 12.2. The van der Waals surface area contributed by atoms with E-state index in [9.17, 15) is 0 Å². The highest BCUT2D eigenvalue weighted by Crippen LogP contribution is 2.42. The highest BCUT2D eigenvalue weighted by Gasteiger charge is 2.30. The van der Waals surface area contributed by atoms with Crippen LogP contribution >= 0.6 is 0 Å². The standard InChI is InChI=1S/C28H48/c1-3-5-8-24-11-13-25(14-12-24)9-6-7-10-26-17-21-28(22-18-26)27-19-15-23(4-2)16-20-27/h5-6,8-9,23-28H,3-4,7,10-22H2,1-2H3/b8-5+,9-6+. The average molecular weight is 385 g/mol. The Balaban J connectivity index is 1.26. The molecule has 0 heteroatoms. The van der Waals surface area contributed by atoms with Crippen molar-refractivity contribution in [2.75, 3.05) is 0 Å². The van der Waals surface area contributed by atoms with E-state index in [1.807, 2.05) is 0 Å². The van der Waals surface area contributed by atoms with Crippen molar-refractivity contribution >= 4 is 0 Å². The van der Waals surface area contributed by atoms with Gasteiger partial charge in [-0.2, -0.15) is 0 Å². The summed E-state index contributed by atoms with van der Waals surface area (Å²) in [5.74, 6) is 6.01. The third-order valence-electron chi connectivity index (χ3n) is 8.64. The summed E-state index contributed by atoms with van der Waals surface area (Å²) in [4.78, 5) is 0. The number of rotatable bonds is 8. The molecule has 0 heterocycles. The van der Waals surface area contributed by atoms with Gasteiger partial charge in [0.1, 0.15) is 0 Å². The van der Waals surface area contributed by atoms with E-state index in [-0.39, 0.29) is 0 Å². The maximum absolute atomic E-state index is 2.58. The van der Waals surface area contributed by atoms with Crippen LogP contribution in [0.5, 0.6) is 0 Å². The quantitative estimate of drug-likeness (QED) is 0.366. The molecule has 0 radical (unpaired) electrons. The molecule has 0 unspecified atom stereocenters. The molecule has 28 heavy (non-hydrogen) atoms. The molecule has 3 rings (SSSR count).